The van der Waals surface area contributed by atoms with Crippen LogP contribution in [0.25, 0.3) is 0 Å². The van der Waals surface area contributed by atoms with E-state index in [1.807, 2.05) is 24.3 Å². The van der Waals surface area contributed by atoms with Crippen molar-refractivity contribution in [2.75, 3.05) is 51.8 Å². The van der Waals surface area contributed by atoms with Crippen molar-refractivity contribution in [1.29, 1.82) is 0 Å². The second kappa shape index (κ2) is 10.4. The summed E-state index contributed by atoms with van der Waals surface area (Å²) in [6.45, 7) is 6.72. The molecule has 0 spiro atoms. The van der Waals surface area contributed by atoms with Crippen LogP contribution in [0.1, 0.15) is 6.92 Å². The molecule has 3 N–H and O–H groups in total. The Morgan fingerprint density at radius 1 is 1.03 bits per heavy atom. The summed E-state index contributed by atoms with van der Waals surface area (Å²) in [4.78, 5) is 15.0. The maximum Gasteiger partial charge on any atom is 0.282 e. The number of benzene rings is 2. The number of piperazine rings is 1. The first-order chi connectivity index (χ1) is 14.5. The Kier molecular flexibility index (Phi) is 7.59. The lowest BCUT2D eigenvalue weighted by molar-refractivity contribution is -1.02. The molecule has 0 aliphatic carbocycles. The van der Waals surface area contributed by atoms with E-state index < -0.39 is 11.6 Å². The number of methoxy groups -OCH3 is 1. The molecule has 2 aromatic carbocycles. The monoisotopic (exact) mass is 421 g/mol. The molecular weight excluding hydrogens is 392 g/mol. The van der Waals surface area contributed by atoms with E-state index in [9.17, 15) is 13.6 Å². The molecule has 162 valence electrons. The molecule has 0 saturated carbocycles. The number of nitrogens with one attached hydrogen (secondary N) is 3. The first kappa shape index (κ1) is 22.0. The van der Waals surface area contributed by atoms with Crippen molar-refractivity contribution in [3.8, 4) is 11.5 Å². The molecule has 1 fully saturated rings. The second-order valence-electron chi connectivity index (χ2n) is 7.49. The normalized spacial score (nSPS) is 19.7. The van der Waals surface area contributed by atoms with Gasteiger partial charge in [0.15, 0.2) is 6.04 Å². The molecule has 0 radical (unpaired) electrons. The Bertz CT molecular complexity index is 820. The van der Waals surface area contributed by atoms with Crippen LogP contribution in [0.3, 0.4) is 0 Å². The van der Waals surface area contributed by atoms with Gasteiger partial charge in [0.05, 0.1) is 7.11 Å². The first-order valence-corrected chi connectivity index (χ1v) is 10.2. The summed E-state index contributed by atoms with van der Waals surface area (Å²) in [7, 11) is 1.63. The van der Waals surface area contributed by atoms with Gasteiger partial charge in [-0.05, 0) is 43.3 Å². The van der Waals surface area contributed by atoms with Gasteiger partial charge >= 0.3 is 0 Å². The average molecular weight is 421 g/mol. The van der Waals surface area contributed by atoms with E-state index in [1.165, 1.54) is 11.0 Å². The van der Waals surface area contributed by atoms with E-state index in [4.69, 9.17) is 9.47 Å². The third-order valence-corrected chi connectivity index (χ3v) is 5.60. The van der Waals surface area contributed by atoms with E-state index in [0.29, 0.717) is 6.61 Å². The number of ether oxygens (including phenoxy) is 2. The fourth-order valence-electron chi connectivity index (χ4n) is 3.63. The summed E-state index contributed by atoms with van der Waals surface area (Å²) >= 11 is 0. The van der Waals surface area contributed by atoms with Gasteiger partial charge in [-0.2, -0.15) is 0 Å². The van der Waals surface area contributed by atoms with Crippen LogP contribution >= 0.6 is 0 Å². The second-order valence-corrected chi connectivity index (χ2v) is 7.49. The van der Waals surface area contributed by atoms with Gasteiger partial charge in [-0.3, -0.25) is 4.79 Å². The molecule has 0 bridgehead atoms. The zero-order chi connectivity index (χ0) is 21.5. The quantitative estimate of drug-likeness (QED) is 0.570. The fourth-order valence-corrected chi connectivity index (χ4v) is 3.63. The minimum atomic E-state index is -0.767. The highest BCUT2D eigenvalue weighted by molar-refractivity contribution is 5.93. The third kappa shape index (κ3) is 5.67. The zero-order valence-corrected chi connectivity index (χ0v) is 17.3. The van der Waals surface area contributed by atoms with Crippen molar-refractivity contribution in [3.63, 3.8) is 0 Å². The van der Waals surface area contributed by atoms with Gasteiger partial charge in [-0.25, -0.2) is 8.78 Å². The molecule has 1 heterocycles. The van der Waals surface area contributed by atoms with Crippen molar-refractivity contribution in [2.24, 2.45) is 0 Å². The number of rotatable bonds is 8. The number of para-hydroxylation sites is 1. The van der Waals surface area contributed by atoms with Crippen LogP contribution in [-0.4, -0.2) is 58.4 Å². The zero-order valence-electron chi connectivity index (χ0n) is 17.3. The summed E-state index contributed by atoms with van der Waals surface area (Å²) < 4.78 is 38.5. The van der Waals surface area contributed by atoms with Crippen molar-refractivity contribution in [1.82, 2.24) is 0 Å². The fraction of sp³-hybridized carbons (Fsp3) is 0.409. The van der Waals surface area contributed by atoms with Gasteiger partial charge < -0.3 is 24.6 Å². The molecule has 8 heteroatoms. The summed E-state index contributed by atoms with van der Waals surface area (Å²) in [5, 5.41) is 2.40. The molecule has 0 unspecified atom stereocenters. The van der Waals surface area contributed by atoms with Crippen LogP contribution in [0.5, 0.6) is 11.5 Å². The van der Waals surface area contributed by atoms with Crippen LogP contribution in [0.4, 0.5) is 14.5 Å². The van der Waals surface area contributed by atoms with E-state index >= 15 is 0 Å². The first-order valence-electron chi connectivity index (χ1n) is 10.2. The highest BCUT2D eigenvalue weighted by Crippen LogP contribution is 2.18. The predicted molar refractivity (Wildman–Crippen MR) is 109 cm³/mol. The topological polar surface area (TPSA) is 56.4 Å². The maximum absolute atomic E-state index is 13.8. The van der Waals surface area contributed by atoms with Gasteiger partial charge in [0.1, 0.15) is 68.2 Å². The molecule has 1 atom stereocenters. The molecule has 2 aromatic rings. The lowest BCUT2D eigenvalue weighted by Crippen LogP contribution is -3.30. The highest BCUT2D eigenvalue weighted by atomic mass is 19.1. The number of halogens is 2. The van der Waals surface area contributed by atoms with Gasteiger partial charge in [-0.1, -0.05) is 6.07 Å². The predicted octanol–water partition coefficient (Wildman–Crippen LogP) is 0.163. The number of amides is 1. The maximum atomic E-state index is 13.8. The van der Waals surface area contributed by atoms with Gasteiger partial charge in [0, 0.05) is 0 Å². The van der Waals surface area contributed by atoms with Crippen molar-refractivity contribution < 1.29 is 32.8 Å². The Morgan fingerprint density at radius 2 is 1.63 bits per heavy atom. The number of hydrogen-bond acceptors (Lipinski definition) is 3. The molecule has 3 rings (SSSR count). The van der Waals surface area contributed by atoms with Crippen LogP contribution in [-0.2, 0) is 4.79 Å². The van der Waals surface area contributed by atoms with Crippen LogP contribution in [0, 0.1) is 11.6 Å². The molecule has 0 aromatic heterocycles. The summed E-state index contributed by atoms with van der Waals surface area (Å²) in [6.07, 6.45) is 0. The van der Waals surface area contributed by atoms with Crippen molar-refractivity contribution >= 4 is 11.6 Å². The summed E-state index contributed by atoms with van der Waals surface area (Å²) in [6, 6.07) is 10.6. The molecule has 30 heavy (non-hydrogen) atoms. The average Bonchev–Trinajstić information content (AvgIpc) is 2.76. The van der Waals surface area contributed by atoms with Crippen molar-refractivity contribution in [3.05, 3.63) is 54.1 Å². The van der Waals surface area contributed by atoms with Gasteiger partial charge in [0.2, 0.25) is 0 Å². The highest BCUT2D eigenvalue weighted by Gasteiger charge is 2.31. The standard InChI is InChI=1S/C22H27F2N3O3/c1-16(22(28)25-21-19(23)4-3-5-20(21)24)27-12-10-26(11-13-27)14-15-30-18-8-6-17(29-2)7-9-18/h3-9,16H,10-15H2,1-2H3,(H,25,28)/p+2/t16-/m0/s1. The number of quaternary nitrogens is 2. The van der Waals surface area contributed by atoms with Crippen LogP contribution in [0.15, 0.2) is 42.5 Å². The van der Waals surface area contributed by atoms with E-state index in [0.717, 1.165) is 61.3 Å². The Balaban J connectivity index is 1.41. The number of anilines is 1. The largest absolute Gasteiger partial charge is 0.497 e. The molecule has 1 amide bonds. The summed E-state index contributed by atoms with van der Waals surface area (Å²) in [5.41, 5.74) is -0.381. The molecule has 6 nitrogen and oxygen atoms in total. The Labute approximate surface area is 175 Å². The minimum absolute atomic E-state index is 0.375. The summed E-state index contributed by atoms with van der Waals surface area (Å²) in [5.74, 6) is -0.304. The van der Waals surface area contributed by atoms with Gasteiger partial charge in [-0.15, -0.1) is 0 Å². The minimum Gasteiger partial charge on any atom is -0.497 e. The lowest BCUT2D eigenvalue weighted by Gasteiger charge is -2.32. The molecule has 1 aliphatic heterocycles. The van der Waals surface area contributed by atoms with E-state index in [1.54, 1.807) is 14.0 Å². The number of hydrogen-bond donors (Lipinski definition) is 3. The molecular formula is C22H29F2N3O3+2. The van der Waals surface area contributed by atoms with Gasteiger partial charge in [0.25, 0.3) is 5.91 Å². The number of carbonyl (C=O) groups is 1. The van der Waals surface area contributed by atoms with Crippen LogP contribution < -0.4 is 24.6 Å². The van der Waals surface area contributed by atoms with Crippen LogP contribution in [0.2, 0.25) is 0 Å². The lowest BCUT2D eigenvalue weighted by atomic mass is 10.2. The third-order valence-electron chi connectivity index (χ3n) is 5.60. The molecule has 1 saturated heterocycles. The number of carbonyl (C=O) groups excluding carboxylic acids is 1. The SMILES string of the molecule is COc1ccc(OCC[NH+]2CC[NH+]([C@@H](C)C(=O)Nc3c(F)cccc3F)CC2)cc1. The Morgan fingerprint density at radius 3 is 2.23 bits per heavy atom. The molecule has 1 aliphatic rings. The Hall–Kier alpha value is -2.71. The van der Waals surface area contributed by atoms with Crippen molar-refractivity contribution in [2.45, 2.75) is 13.0 Å². The van der Waals surface area contributed by atoms with E-state index in [2.05, 4.69) is 5.32 Å². The van der Waals surface area contributed by atoms with E-state index in [-0.39, 0.29) is 17.6 Å². The smallest absolute Gasteiger partial charge is 0.282 e.